The number of amides is 1. The van der Waals surface area contributed by atoms with Crippen LogP contribution in [0.3, 0.4) is 0 Å². The van der Waals surface area contributed by atoms with E-state index in [1.807, 2.05) is 57.2 Å². The van der Waals surface area contributed by atoms with Gasteiger partial charge in [-0.05, 0) is 38.5 Å². The third-order valence-corrected chi connectivity index (χ3v) is 3.72. The van der Waals surface area contributed by atoms with Gasteiger partial charge in [0.15, 0.2) is 5.65 Å². The third-order valence-electron chi connectivity index (χ3n) is 3.72. The first-order chi connectivity index (χ1) is 11.1. The summed E-state index contributed by atoms with van der Waals surface area (Å²) in [6, 6.07) is 11.7. The Bertz CT molecular complexity index is 852. The summed E-state index contributed by atoms with van der Waals surface area (Å²) in [6.45, 7) is 6.50. The Kier molecular flexibility index (Phi) is 4.10. The van der Waals surface area contributed by atoms with Crippen LogP contribution in [0.5, 0.6) is 0 Å². The van der Waals surface area contributed by atoms with Crippen LogP contribution < -0.4 is 5.32 Å². The molecule has 2 aromatic heterocycles. The quantitative estimate of drug-likeness (QED) is 0.805. The lowest BCUT2D eigenvalue weighted by atomic mass is 10.1. The van der Waals surface area contributed by atoms with E-state index in [0.29, 0.717) is 12.1 Å². The molecule has 0 aliphatic rings. The molecule has 1 amide bonds. The number of hydrogen-bond donors (Lipinski definition) is 1. The molecule has 0 unspecified atom stereocenters. The lowest BCUT2D eigenvalue weighted by Gasteiger charge is -2.07. The molecule has 3 rings (SSSR count). The molecule has 0 saturated carbocycles. The van der Waals surface area contributed by atoms with Gasteiger partial charge in [-0.1, -0.05) is 25.1 Å². The molecule has 23 heavy (non-hydrogen) atoms. The molecular formula is C18H20N4O. The number of pyridine rings is 1. The summed E-state index contributed by atoms with van der Waals surface area (Å²) in [6.07, 6.45) is 0.904. The van der Waals surface area contributed by atoms with Crippen molar-refractivity contribution in [3.05, 3.63) is 53.3 Å². The maximum Gasteiger partial charge on any atom is 0.252 e. The number of carbonyl (C=O) groups is 1. The van der Waals surface area contributed by atoms with Gasteiger partial charge in [-0.15, -0.1) is 0 Å². The van der Waals surface area contributed by atoms with Gasteiger partial charge < -0.3 is 5.32 Å². The van der Waals surface area contributed by atoms with E-state index in [9.17, 15) is 4.79 Å². The highest BCUT2D eigenvalue weighted by molar-refractivity contribution is 6.06. The van der Waals surface area contributed by atoms with Crippen molar-refractivity contribution in [3.63, 3.8) is 0 Å². The van der Waals surface area contributed by atoms with Crippen LogP contribution in [0.25, 0.3) is 16.7 Å². The van der Waals surface area contributed by atoms with E-state index in [1.165, 1.54) is 0 Å². The highest BCUT2D eigenvalue weighted by Gasteiger charge is 2.19. The molecule has 5 heteroatoms. The summed E-state index contributed by atoms with van der Waals surface area (Å²) >= 11 is 0. The molecule has 0 bridgehead atoms. The maximum atomic E-state index is 12.5. The van der Waals surface area contributed by atoms with Crippen molar-refractivity contribution in [1.29, 1.82) is 0 Å². The molecule has 5 nitrogen and oxygen atoms in total. The van der Waals surface area contributed by atoms with Gasteiger partial charge >= 0.3 is 0 Å². The van der Waals surface area contributed by atoms with E-state index in [1.54, 1.807) is 4.68 Å². The summed E-state index contributed by atoms with van der Waals surface area (Å²) in [4.78, 5) is 17.1. The minimum atomic E-state index is -0.0712. The maximum absolute atomic E-state index is 12.5. The molecule has 0 spiro atoms. The highest BCUT2D eigenvalue weighted by atomic mass is 16.1. The first-order valence-electron chi connectivity index (χ1n) is 7.82. The first kappa shape index (κ1) is 15.2. The van der Waals surface area contributed by atoms with Crippen LogP contribution in [-0.4, -0.2) is 27.2 Å². The van der Waals surface area contributed by atoms with Crippen molar-refractivity contribution in [3.8, 4) is 5.69 Å². The predicted molar refractivity (Wildman–Crippen MR) is 91.0 cm³/mol. The Labute approximate surface area is 135 Å². The molecular weight excluding hydrogens is 288 g/mol. The minimum absolute atomic E-state index is 0.0712. The normalized spacial score (nSPS) is 10.9. The molecule has 1 N–H and O–H groups in total. The molecule has 0 fully saturated rings. The fourth-order valence-corrected chi connectivity index (χ4v) is 2.68. The van der Waals surface area contributed by atoms with Crippen LogP contribution in [0, 0.1) is 13.8 Å². The molecule has 3 aromatic rings. The average Bonchev–Trinajstić information content (AvgIpc) is 2.89. The van der Waals surface area contributed by atoms with Crippen molar-refractivity contribution < 1.29 is 4.79 Å². The van der Waals surface area contributed by atoms with Crippen LogP contribution in [-0.2, 0) is 0 Å². The third kappa shape index (κ3) is 2.82. The predicted octanol–water partition coefficient (Wildman–Crippen LogP) is 3.18. The first-order valence-corrected chi connectivity index (χ1v) is 7.82. The molecule has 0 aliphatic carbocycles. The van der Waals surface area contributed by atoms with Crippen LogP contribution in [0.4, 0.5) is 0 Å². The average molecular weight is 308 g/mol. The molecule has 0 atom stereocenters. The fourth-order valence-electron chi connectivity index (χ4n) is 2.68. The zero-order chi connectivity index (χ0) is 16.4. The van der Waals surface area contributed by atoms with Crippen molar-refractivity contribution in [2.75, 3.05) is 6.54 Å². The van der Waals surface area contributed by atoms with E-state index in [-0.39, 0.29) is 5.91 Å². The van der Waals surface area contributed by atoms with E-state index in [4.69, 9.17) is 0 Å². The number of aromatic nitrogens is 3. The largest absolute Gasteiger partial charge is 0.352 e. The smallest absolute Gasteiger partial charge is 0.252 e. The van der Waals surface area contributed by atoms with Gasteiger partial charge in [0.1, 0.15) is 0 Å². The van der Waals surface area contributed by atoms with Gasteiger partial charge in [-0.2, -0.15) is 5.10 Å². The summed E-state index contributed by atoms with van der Waals surface area (Å²) < 4.78 is 1.80. The highest BCUT2D eigenvalue weighted by Crippen LogP contribution is 2.24. The number of benzene rings is 1. The van der Waals surface area contributed by atoms with Crippen molar-refractivity contribution in [2.45, 2.75) is 27.2 Å². The van der Waals surface area contributed by atoms with Gasteiger partial charge in [0.2, 0.25) is 0 Å². The van der Waals surface area contributed by atoms with E-state index >= 15 is 0 Å². The standard InChI is InChI=1S/C18H20N4O/c1-4-10-19-18(23)15-11-12(2)20-17-16(15)13(3)21-22(17)14-8-6-5-7-9-14/h5-9,11H,4,10H2,1-3H3,(H,19,23). The monoisotopic (exact) mass is 308 g/mol. The van der Waals surface area contributed by atoms with Gasteiger partial charge in [0, 0.05) is 12.2 Å². The SMILES string of the molecule is CCCNC(=O)c1cc(C)nc2c1c(C)nn2-c1ccccc1. The number of para-hydroxylation sites is 1. The van der Waals surface area contributed by atoms with E-state index in [2.05, 4.69) is 15.4 Å². The Morgan fingerprint density at radius 3 is 2.65 bits per heavy atom. The van der Waals surface area contributed by atoms with Gasteiger partial charge in [-0.3, -0.25) is 4.79 Å². The molecule has 1 aromatic carbocycles. The lowest BCUT2D eigenvalue weighted by molar-refractivity contribution is 0.0955. The van der Waals surface area contributed by atoms with E-state index < -0.39 is 0 Å². The number of nitrogens with zero attached hydrogens (tertiary/aromatic N) is 3. The van der Waals surface area contributed by atoms with Crippen LogP contribution >= 0.6 is 0 Å². The number of carbonyl (C=O) groups excluding carboxylic acids is 1. The zero-order valence-electron chi connectivity index (χ0n) is 13.6. The summed E-state index contributed by atoms with van der Waals surface area (Å²) in [5.74, 6) is -0.0712. The van der Waals surface area contributed by atoms with Gasteiger partial charge in [0.05, 0.1) is 22.3 Å². The Balaban J connectivity index is 2.21. The van der Waals surface area contributed by atoms with Crippen molar-refractivity contribution >= 4 is 16.9 Å². The second-order valence-corrected chi connectivity index (χ2v) is 5.60. The van der Waals surface area contributed by atoms with Gasteiger partial charge in [-0.25, -0.2) is 9.67 Å². The Hall–Kier alpha value is -2.69. The second kappa shape index (κ2) is 6.20. The van der Waals surface area contributed by atoms with Crippen molar-refractivity contribution in [1.82, 2.24) is 20.1 Å². The molecule has 118 valence electrons. The number of fused-ring (bicyclic) bond motifs is 1. The van der Waals surface area contributed by atoms with Crippen molar-refractivity contribution in [2.24, 2.45) is 0 Å². The Morgan fingerprint density at radius 1 is 1.22 bits per heavy atom. The van der Waals surface area contributed by atoms with E-state index in [0.717, 1.165) is 34.5 Å². The topological polar surface area (TPSA) is 59.8 Å². The zero-order valence-corrected chi connectivity index (χ0v) is 13.6. The number of rotatable bonds is 4. The van der Waals surface area contributed by atoms with Crippen LogP contribution in [0.1, 0.15) is 35.1 Å². The summed E-state index contributed by atoms with van der Waals surface area (Å²) in [7, 11) is 0. The number of nitrogens with one attached hydrogen (secondary N) is 1. The molecule has 0 aliphatic heterocycles. The summed E-state index contributed by atoms with van der Waals surface area (Å²) in [5.41, 5.74) is 3.90. The second-order valence-electron chi connectivity index (χ2n) is 5.60. The molecule has 0 radical (unpaired) electrons. The lowest BCUT2D eigenvalue weighted by Crippen LogP contribution is -2.24. The minimum Gasteiger partial charge on any atom is -0.352 e. The summed E-state index contributed by atoms with van der Waals surface area (Å²) in [5, 5.41) is 8.35. The fraction of sp³-hybridized carbons (Fsp3) is 0.278. The Morgan fingerprint density at radius 2 is 1.96 bits per heavy atom. The van der Waals surface area contributed by atoms with Gasteiger partial charge in [0.25, 0.3) is 5.91 Å². The number of aryl methyl sites for hydroxylation is 2. The van der Waals surface area contributed by atoms with Crippen LogP contribution in [0.2, 0.25) is 0 Å². The van der Waals surface area contributed by atoms with Crippen LogP contribution in [0.15, 0.2) is 36.4 Å². The molecule has 0 saturated heterocycles. The number of hydrogen-bond acceptors (Lipinski definition) is 3. The molecule has 2 heterocycles.